The Balaban J connectivity index is 1.23. The number of benzene rings is 3. The number of aromatic carboxylic acids is 1. The minimum atomic E-state index is -5.70. The van der Waals surface area contributed by atoms with Crippen LogP contribution in [0.25, 0.3) is 33.4 Å². The van der Waals surface area contributed by atoms with Gasteiger partial charge in [0.1, 0.15) is 31.2 Å². The van der Waals surface area contributed by atoms with Crippen molar-refractivity contribution < 1.29 is 75.0 Å². The number of ether oxygens (including phenoxy) is 2. The molecule has 2 heterocycles. The van der Waals surface area contributed by atoms with Crippen LogP contribution >= 0.6 is 45.1 Å². The van der Waals surface area contributed by atoms with Crippen molar-refractivity contribution >= 4 is 81.4 Å². The molecule has 1 fully saturated rings. The first kappa shape index (κ1) is 48.0. The summed E-state index contributed by atoms with van der Waals surface area (Å²) < 4.78 is 63.7. The summed E-state index contributed by atoms with van der Waals surface area (Å²) in [6, 6.07) is 10.9. The summed E-state index contributed by atoms with van der Waals surface area (Å²) in [4.78, 5) is 67.4. The van der Waals surface area contributed by atoms with E-state index >= 15 is 0 Å². The maximum Gasteiger partial charge on any atom is 0.490 e. The zero-order chi connectivity index (χ0) is 44.4. The lowest BCUT2D eigenvalue weighted by atomic mass is 9.88. The van der Waals surface area contributed by atoms with Crippen molar-refractivity contribution in [1.29, 1.82) is 0 Å². The molecule has 60 heavy (non-hydrogen) atoms. The fourth-order valence-corrected chi connectivity index (χ4v) is 11.4. The van der Waals surface area contributed by atoms with Crippen molar-refractivity contribution in [2.45, 2.75) is 64.0 Å². The van der Waals surface area contributed by atoms with E-state index in [1.165, 1.54) is 27.7 Å². The number of anilines is 1. The third-order valence-electron chi connectivity index (χ3n) is 8.87. The molecular weight excluding hydrogens is 886 g/mol. The molecule has 8 N–H and O–H groups in total. The number of carbonyl (C=O) groups excluding carboxylic acids is 1. The Morgan fingerprint density at radius 2 is 1.73 bits per heavy atom. The molecule has 1 amide bonds. The summed E-state index contributed by atoms with van der Waals surface area (Å²) >= 11 is 0. The van der Waals surface area contributed by atoms with Gasteiger partial charge >= 0.3 is 29.4 Å². The number of carbonyl (C=O) groups is 2. The molecule has 5 atom stereocenters. The average molecular weight is 930 g/mol. The van der Waals surface area contributed by atoms with E-state index in [-0.39, 0.29) is 30.0 Å². The number of hydrogen-bond acceptors (Lipinski definition) is 15. The van der Waals surface area contributed by atoms with E-state index in [1.54, 1.807) is 18.2 Å². The predicted molar refractivity (Wildman–Crippen MR) is 225 cm³/mol. The molecule has 1 aliphatic carbocycles. The molecule has 0 spiro atoms. The summed E-state index contributed by atoms with van der Waals surface area (Å²) in [6.07, 6.45) is -1.67. The van der Waals surface area contributed by atoms with Gasteiger partial charge in [0.15, 0.2) is 0 Å². The number of hydrogen-bond donors (Lipinski definition) is 7. The third kappa shape index (κ3) is 12.5. The maximum atomic E-state index is 13.5. The van der Waals surface area contributed by atoms with Gasteiger partial charge in [0.25, 0.3) is 5.91 Å². The van der Waals surface area contributed by atoms with Gasteiger partial charge in [-0.15, -0.1) is 0 Å². The largest absolute Gasteiger partial charge is 0.490 e. The normalized spacial score (nSPS) is 19.7. The zero-order valence-electron chi connectivity index (χ0n) is 32.8. The van der Waals surface area contributed by atoms with Gasteiger partial charge in [-0.2, -0.15) is 8.62 Å². The summed E-state index contributed by atoms with van der Waals surface area (Å²) in [6.45, 7) is 9.42. The van der Waals surface area contributed by atoms with Crippen molar-refractivity contribution in [2.24, 2.45) is 4.99 Å². The van der Waals surface area contributed by atoms with E-state index < -0.39 is 64.9 Å². The van der Waals surface area contributed by atoms with Crippen molar-refractivity contribution in [3.05, 3.63) is 70.1 Å². The Bertz CT molecular complexity index is 2470. The number of aryl methyl sites for hydroxylation is 2. The highest BCUT2D eigenvalue weighted by Crippen LogP contribution is 2.66. The van der Waals surface area contributed by atoms with Crippen LogP contribution in [0.1, 0.15) is 59.0 Å². The second-order valence-electron chi connectivity index (χ2n) is 14.2. The van der Waals surface area contributed by atoms with Crippen LogP contribution in [0.3, 0.4) is 0 Å². The molecule has 1 saturated heterocycles. The zero-order valence-corrected chi connectivity index (χ0v) is 37.1. The highest BCUT2D eigenvalue weighted by molar-refractivity contribution is 8.77. The standard InChI is InChI=1S/C35H43BN3O16P3S2/c1-6-38-26-13-28-24(10-19(26)3)32(23-9-18(2)25(37)12-27(23)52-28)21-8-7-20(11-22(21)34(41)42)33(40)39-16-35(4,5)60-59-17-50-29-14-31(36)53-30(29)15-51-57(46,47)55-58(48,49)54-56(43,44)45/h7-13,29-31H,6,14-17,37H2,1-5H3,(H,39,40)(H,41,42)(H,46,47)(H,48,49)(H2,43,44,45)/t29-,30-,31-/m1/s1. The molecule has 2 unspecified atom stereocenters. The van der Waals surface area contributed by atoms with E-state index in [2.05, 4.69) is 23.5 Å². The van der Waals surface area contributed by atoms with E-state index in [0.717, 1.165) is 16.5 Å². The van der Waals surface area contributed by atoms with Crippen LogP contribution in [0, 0.1) is 13.8 Å². The lowest BCUT2D eigenvalue weighted by Gasteiger charge is -2.25. The van der Waals surface area contributed by atoms with Crippen LogP contribution in [-0.2, 0) is 36.3 Å². The quantitative estimate of drug-likeness (QED) is 0.0117. The Morgan fingerprint density at radius 1 is 1.02 bits per heavy atom. The van der Waals surface area contributed by atoms with Crippen molar-refractivity contribution in [3.63, 3.8) is 0 Å². The molecule has 0 aromatic heterocycles. The number of fused-ring (bicyclic) bond motifs is 2. The molecule has 2 aromatic rings. The number of phosphoric ester groups is 1. The van der Waals surface area contributed by atoms with E-state index in [1.807, 2.05) is 52.8 Å². The van der Waals surface area contributed by atoms with Gasteiger partial charge in [-0.05, 0) is 82.0 Å². The molecule has 0 bridgehead atoms. The number of nitrogens with one attached hydrogen (secondary N) is 1. The van der Waals surface area contributed by atoms with Crippen LogP contribution < -0.4 is 16.4 Å². The first-order valence-corrected chi connectivity index (χ1v) is 24.8. The number of nitrogens with zero attached hydrogens (tertiary/aromatic N) is 1. The Kier molecular flexibility index (Phi) is 15.3. The van der Waals surface area contributed by atoms with Gasteiger partial charge in [0.2, 0.25) is 0 Å². The number of carboxylic acids is 1. The Labute approximate surface area is 353 Å². The SMILES string of the molecule is [B][C@H]1C[C@@H](OCSSC(C)(C)CNC(=O)c2ccc(-c3c4cc(C)c(=NCC)cc-4oc4cc(N)c(C)cc34)c(C(=O)O)c2)[C@@H](COP(=O)(O)OP(=O)(O)OP(=O)(O)O)O1. The fraction of sp³-hybridized carbons (Fsp3) is 0.400. The Hall–Kier alpha value is -3.04. The molecule has 5 rings (SSSR count). The first-order valence-electron chi connectivity index (χ1n) is 17.9. The topological polar surface area (TPSA) is 296 Å². The smallest absolute Gasteiger partial charge is 0.478 e. The van der Waals surface area contributed by atoms with Crippen LogP contribution in [0.15, 0.2) is 51.9 Å². The number of nitrogens with two attached hydrogens (primary N) is 1. The van der Waals surface area contributed by atoms with Crippen molar-refractivity contribution in [3.8, 4) is 22.5 Å². The molecule has 19 nitrogen and oxygen atoms in total. The lowest BCUT2D eigenvalue weighted by Crippen LogP contribution is -2.36. The van der Waals surface area contributed by atoms with Crippen LogP contribution in [-0.4, -0.2) is 93.0 Å². The maximum absolute atomic E-state index is 13.5. The fourth-order valence-electron chi connectivity index (χ4n) is 6.18. The van der Waals surface area contributed by atoms with Gasteiger partial charge in [0, 0.05) is 63.7 Å². The molecule has 2 aliphatic heterocycles. The summed E-state index contributed by atoms with van der Waals surface area (Å²) in [5.74, 6) is -1.20. The highest BCUT2D eigenvalue weighted by Gasteiger charge is 2.42. The van der Waals surface area contributed by atoms with E-state index in [4.69, 9.17) is 37.3 Å². The number of amides is 1. The van der Waals surface area contributed by atoms with Gasteiger partial charge < -0.3 is 49.6 Å². The molecule has 2 radical (unpaired) electrons. The summed E-state index contributed by atoms with van der Waals surface area (Å²) in [5.41, 5.74) is 10.5. The third-order valence-corrected chi connectivity index (χ3v) is 15.6. The monoisotopic (exact) mass is 929 g/mol. The first-order chi connectivity index (χ1) is 27.9. The highest BCUT2D eigenvalue weighted by atomic mass is 33.1. The second kappa shape index (κ2) is 19.1. The molecule has 324 valence electrons. The summed E-state index contributed by atoms with van der Waals surface area (Å²) in [7, 11) is -8.17. The molecule has 25 heteroatoms. The Morgan fingerprint density at radius 3 is 2.40 bits per heavy atom. The molecule has 2 aromatic carbocycles. The van der Waals surface area contributed by atoms with Crippen LogP contribution in [0.4, 0.5) is 5.69 Å². The van der Waals surface area contributed by atoms with Gasteiger partial charge in [0.05, 0.1) is 23.6 Å². The number of rotatable bonds is 18. The van der Waals surface area contributed by atoms with Crippen LogP contribution in [0.2, 0.25) is 0 Å². The number of phosphoric acid groups is 3. The van der Waals surface area contributed by atoms with E-state index in [9.17, 15) is 38.2 Å². The van der Waals surface area contributed by atoms with Crippen molar-refractivity contribution in [2.75, 3.05) is 31.4 Å². The summed E-state index contributed by atoms with van der Waals surface area (Å²) in [5, 5.41) is 14.7. The minimum absolute atomic E-state index is 0.0500. The molecular formula is C35H43BN3O16P3S2. The second-order valence-corrected chi connectivity index (χ2v) is 21.5. The minimum Gasteiger partial charge on any atom is -0.478 e. The molecule has 3 aliphatic rings. The van der Waals surface area contributed by atoms with Crippen LogP contribution in [0.5, 0.6) is 0 Å². The van der Waals surface area contributed by atoms with Gasteiger partial charge in [-0.1, -0.05) is 27.7 Å². The number of carboxylic acid groups (broad SMARTS) is 1. The van der Waals surface area contributed by atoms with Crippen molar-refractivity contribution in [1.82, 2.24) is 5.32 Å². The van der Waals surface area contributed by atoms with Gasteiger partial charge in [-0.25, -0.2) is 18.5 Å². The molecule has 0 saturated carbocycles. The van der Waals surface area contributed by atoms with E-state index in [0.29, 0.717) is 45.7 Å². The lowest BCUT2D eigenvalue weighted by molar-refractivity contribution is -0.0237. The van der Waals surface area contributed by atoms with Gasteiger partial charge in [-0.3, -0.25) is 14.3 Å². The average Bonchev–Trinajstić information content (AvgIpc) is 3.49. The predicted octanol–water partition coefficient (Wildman–Crippen LogP) is 5.88. The number of nitrogen functional groups attached to an aromatic ring is 1.